The monoisotopic (exact) mass is 409 g/mol. The van der Waals surface area contributed by atoms with Gasteiger partial charge in [0, 0.05) is 6.07 Å². The topological polar surface area (TPSA) is 95.5 Å². The van der Waals surface area contributed by atoms with Gasteiger partial charge in [0.25, 0.3) is 5.91 Å². The molecule has 2 atom stereocenters. The molecule has 2 heterocycles. The Morgan fingerprint density at radius 2 is 2.00 bits per heavy atom. The van der Waals surface area contributed by atoms with Crippen molar-refractivity contribution in [2.75, 3.05) is 26.1 Å². The Balaban J connectivity index is 1.40. The fourth-order valence-electron chi connectivity index (χ4n) is 3.58. The van der Waals surface area contributed by atoms with Gasteiger partial charge in [0.1, 0.15) is 30.4 Å². The molecule has 2 N–H and O–H groups in total. The molecular weight excluding hydrogens is 386 g/mol. The molecule has 0 bridgehead atoms. The maximum Gasteiger partial charge on any atom is 0.267 e. The zero-order valence-electron chi connectivity index (χ0n) is 16.7. The average molecular weight is 409 g/mol. The van der Waals surface area contributed by atoms with Gasteiger partial charge in [-0.15, -0.1) is 0 Å². The summed E-state index contributed by atoms with van der Waals surface area (Å²) in [6.07, 6.45) is 2.15. The highest BCUT2D eigenvalue weighted by atomic mass is 16.5. The minimum Gasteiger partial charge on any atom is -0.497 e. The molecule has 2 aromatic rings. The van der Waals surface area contributed by atoms with Crippen LogP contribution in [-0.4, -0.2) is 55.0 Å². The van der Waals surface area contributed by atoms with E-state index < -0.39 is 6.04 Å². The highest BCUT2D eigenvalue weighted by molar-refractivity contribution is 5.97. The fraction of sp³-hybridized carbons (Fsp3) is 0.286. The second kappa shape index (κ2) is 8.42. The predicted octanol–water partition coefficient (Wildman–Crippen LogP) is 1.75. The number of amides is 2. The van der Waals surface area contributed by atoms with Crippen LogP contribution in [0.1, 0.15) is 18.0 Å². The molecule has 2 aromatic carbocycles. The SMILES string of the molecule is COc1ccc(NC(=O)CN2N=CN3NC(c4ccccc4)CC3C2=O)c(OC)c1. The molecule has 0 saturated carbocycles. The van der Waals surface area contributed by atoms with Gasteiger partial charge >= 0.3 is 0 Å². The molecule has 0 aliphatic carbocycles. The third-order valence-corrected chi connectivity index (χ3v) is 5.13. The van der Waals surface area contributed by atoms with E-state index in [0.717, 1.165) is 5.56 Å². The number of hydrogen-bond acceptors (Lipinski definition) is 7. The molecule has 156 valence electrons. The summed E-state index contributed by atoms with van der Waals surface area (Å²) in [5.41, 5.74) is 4.88. The number of carbonyl (C=O) groups is 2. The molecule has 2 amide bonds. The van der Waals surface area contributed by atoms with Gasteiger partial charge < -0.3 is 14.8 Å². The quantitative estimate of drug-likeness (QED) is 0.755. The van der Waals surface area contributed by atoms with Crippen molar-refractivity contribution in [3.8, 4) is 11.5 Å². The van der Waals surface area contributed by atoms with Crippen molar-refractivity contribution >= 4 is 23.8 Å². The number of nitrogens with zero attached hydrogens (tertiary/aromatic N) is 3. The number of benzene rings is 2. The number of hydrogen-bond donors (Lipinski definition) is 2. The van der Waals surface area contributed by atoms with Crippen LogP contribution in [-0.2, 0) is 9.59 Å². The van der Waals surface area contributed by atoms with Crippen LogP contribution >= 0.6 is 0 Å². The molecule has 0 spiro atoms. The van der Waals surface area contributed by atoms with Gasteiger partial charge in [0.15, 0.2) is 0 Å². The van der Waals surface area contributed by atoms with Gasteiger partial charge in [-0.2, -0.15) is 5.10 Å². The Morgan fingerprint density at radius 1 is 1.20 bits per heavy atom. The molecule has 0 aromatic heterocycles. The fourth-order valence-corrected chi connectivity index (χ4v) is 3.58. The number of anilines is 1. The van der Waals surface area contributed by atoms with Gasteiger partial charge in [-0.05, 0) is 24.1 Å². The normalized spacial score (nSPS) is 20.1. The number of nitrogens with one attached hydrogen (secondary N) is 2. The van der Waals surface area contributed by atoms with Crippen LogP contribution in [0, 0.1) is 0 Å². The summed E-state index contributed by atoms with van der Waals surface area (Å²) >= 11 is 0. The van der Waals surface area contributed by atoms with Crippen LogP contribution in [0.25, 0.3) is 0 Å². The van der Waals surface area contributed by atoms with E-state index in [0.29, 0.717) is 23.6 Å². The van der Waals surface area contributed by atoms with Crippen molar-refractivity contribution in [1.82, 2.24) is 15.4 Å². The summed E-state index contributed by atoms with van der Waals surface area (Å²) in [5.74, 6) is 0.485. The first-order valence-electron chi connectivity index (χ1n) is 9.56. The van der Waals surface area contributed by atoms with E-state index in [2.05, 4.69) is 15.8 Å². The number of methoxy groups -OCH3 is 2. The molecule has 1 fully saturated rings. The minimum absolute atomic E-state index is 0.0175. The van der Waals surface area contributed by atoms with E-state index in [4.69, 9.17) is 9.47 Å². The van der Waals surface area contributed by atoms with Crippen LogP contribution in [0.5, 0.6) is 11.5 Å². The Hall–Kier alpha value is -3.59. The van der Waals surface area contributed by atoms with Crippen molar-refractivity contribution in [3.05, 3.63) is 54.1 Å². The summed E-state index contributed by atoms with van der Waals surface area (Å²) < 4.78 is 10.4. The standard InChI is InChI=1S/C21H23N5O4/c1-29-15-8-9-16(19(10-15)30-2)23-20(27)12-25-21(28)18-11-17(24-26(18)13-22-25)14-6-4-3-5-7-14/h3-10,13,17-18,24H,11-12H2,1-2H3,(H,23,27). The molecule has 1 saturated heterocycles. The van der Waals surface area contributed by atoms with E-state index in [9.17, 15) is 9.59 Å². The third-order valence-electron chi connectivity index (χ3n) is 5.13. The smallest absolute Gasteiger partial charge is 0.267 e. The zero-order chi connectivity index (χ0) is 21.1. The second-order valence-electron chi connectivity index (χ2n) is 6.99. The van der Waals surface area contributed by atoms with Gasteiger partial charge in [-0.25, -0.2) is 10.4 Å². The minimum atomic E-state index is -0.406. The lowest BCUT2D eigenvalue weighted by Gasteiger charge is -2.29. The van der Waals surface area contributed by atoms with E-state index in [1.165, 1.54) is 12.1 Å². The molecule has 4 rings (SSSR count). The summed E-state index contributed by atoms with van der Waals surface area (Å²) in [6.45, 7) is -0.190. The van der Waals surface area contributed by atoms with Gasteiger partial charge in [0.2, 0.25) is 5.91 Å². The Bertz CT molecular complexity index is 965. The average Bonchev–Trinajstić information content (AvgIpc) is 3.22. The molecular formula is C21H23N5O4. The number of rotatable bonds is 6. The maximum atomic E-state index is 12.9. The number of hydrazone groups is 1. The van der Waals surface area contributed by atoms with Crippen molar-refractivity contribution < 1.29 is 19.1 Å². The molecule has 0 radical (unpaired) electrons. The van der Waals surface area contributed by atoms with E-state index >= 15 is 0 Å². The first-order valence-corrected chi connectivity index (χ1v) is 9.56. The van der Waals surface area contributed by atoms with Gasteiger partial charge in [-0.3, -0.25) is 14.6 Å². The first-order chi connectivity index (χ1) is 14.6. The second-order valence-corrected chi connectivity index (χ2v) is 6.99. The molecule has 2 aliphatic rings. The predicted molar refractivity (Wildman–Crippen MR) is 111 cm³/mol. The van der Waals surface area contributed by atoms with Crippen LogP contribution in [0.15, 0.2) is 53.6 Å². The highest BCUT2D eigenvalue weighted by Crippen LogP contribution is 2.30. The molecule has 2 unspecified atom stereocenters. The van der Waals surface area contributed by atoms with E-state index in [1.807, 2.05) is 30.3 Å². The van der Waals surface area contributed by atoms with Crippen LogP contribution in [0.2, 0.25) is 0 Å². The van der Waals surface area contributed by atoms with Crippen LogP contribution in [0.4, 0.5) is 5.69 Å². The number of fused-ring (bicyclic) bond motifs is 1. The maximum absolute atomic E-state index is 12.9. The Labute approximate surface area is 174 Å². The molecule has 2 aliphatic heterocycles. The summed E-state index contributed by atoms with van der Waals surface area (Å²) in [4.78, 5) is 25.4. The number of carbonyl (C=O) groups excluding carboxylic acids is 2. The summed E-state index contributed by atoms with van der Waals surface area (Å²) in [6, 6.07) is 14.6. The third kappa shape index (κ3) is 3.92. The zero-order valence-corrected chi connectivity index (χ0v) is 16.7. The highest BCUT2D eigenvalue weighted by Gasteiger charge is 2.41. The lowest BCUT2D eigenvalue weighted by atomic mass is 10.0. The molecule has 30 heavy (non-hydrogen) atoms. The lowest BCUT2D eigenvalue weighted by molar-refractivity contribution is -0.139. The first kappa shape index (κ1) is 19.7. The van der Waals surface area contributed by atoms with Crippen molar-refractivity contribution in [2.45, 2.75) is 18.5 Å². The number of ether oxygens (including phenoxy) is 2. The van der Waals surface area contributed by atoms with E-state index in [-0.39, 0.29) is 24.4 Å². The summed E-state index contributed by atoms with van der Waals surface area (Å²) in [7, 11) is 3.06. The number of hydrazine groups is 1. The Morgan fingerprint density at radius 3 is 2.73 bits per heavy atom. The van der Waals surface area contributed by atoms with Crippen molar-refractivity contribution in [1.29, 1.82) is 0 Å². The summed E-state index contributed by atoms with van der Waals surface area (Å²) in [5, 5.41) is 9.81. The van der Waals surface area contributed by atoms with Crippen molar-refractivity contribution in [3.63, 3.8) is 0 Å². The van der Waals surface area contributed by atoms with Crippen LogP contribution < -0.4 is 20.2 Å². The van der Waals surface area contributed by atoms with Crippen LogP contribution in [0.3, 0.4) is 0 Å². The largest absolute Gasteiger partial charge is 0.497 e. The van der Waals surface area contributed by atoms with E-state index in [1.54, 1.807) is 36.7 Å². The molecule has 9 heteroatoms. The Kier molecular flexibility index (Phi) is 5.53. The van der Waals surface area contributed by atoms with Crippen molar-refractivity contribution in [2.24, 2.45) is 5.10 Å². The van der Waals surface area contributed by atoms with Gasteiger partial charge in [0.05, 0.1) is 25.9 Å². The molecule has 9 nitrogen and oxygen atoms in total. The lowest BCUT2D eigenvalue weighted by Crippen LogP contribution is -2.52. The van der Waals surface area contributed by atoms with Gasteiger partial charge in [-0.1, -0.05) is 30.3 Å².